The van der Waals surface area contributed by atoms with Crippen LogP contribution in [0.3, 0.4) is 0 Å². The first-order chi connectivity index (χ1) is 19.5. The number of halogens is 5. The van der Waals surface area contributed by atoms with Crippen molar-refractivity contribution < 1.29 is 36.2 Å². The van der Waals surface area contributed by atoms with Gasteiger partial charge in [0.25, 0.3) is 0 Å². The van der Waals surface area contributed by atoms with Gasteiger partial charge in [-0.3, -0.25) is 0 Å². The molecule has 1 fully saturated rings. The van der Waals surface area contributed by atoms with Crippen molar-refractivity contribution in [2.24, 2.45) is 5.92 Å². The van der Waals surface area contributed by atoms with Gasteiger partial charge < -0.3 is 14.2 Å². The van der Waals surface area contributed by atoms with Gasteiger partial charge in [-0.25, -0.2) is 14.4 Å². The van der Waals surface area contributed by atoms with Crippen LogP contribution in [0.15, 0.2) is 60.8 Å². The molecule has 1 saturated heterocycles. The molecule has 1 aliphatic heterocycles. The summed E-state index contributed by atoms with van der Waals surface area (Å²) in [4.78, 5) is 8.65. The van der Waals surface area contributed by atoms with E-state index in [1.165, 1.54) is 31.3 Å². The molecular formula is C30H24F5N3O3. The topological polar surface area (TPSA) is 77.3 Å². The molecule has 6 nitrogen and oxygen atoms in total. The number of nitriles is 1. The Morgan fingerprint density at radius 1 is 1.10 bits per heavy atom. The number of ether oxygens (including phenoxy) is 3. The van der Waals surface area contributed by atoms with E-state index in [0.717, 1.165) is 25.7 Å². The minimum Gasteiger partial charge on any atom is -0.493 e. The van der Waals surface area contributed by atoms with E-state index in [9.17, 15) is 27.2 Å². The molecule has 0 saturated carbocycles. The zero-order chi connectivity index (χ0) is 29.5. The number of hydrogen-bond donors (Lipinski definition) is 0. The summed E-state index contributed by atoms with van der Waals surface area (Å²) in [5.41, 5.74) is -1.56. The summed E-state index contributed by atoms with van der Waals surface area (Å²) in [6, 6.07) is 16.1. The highest BCUT2D eigenvalue weighted by Crippen LogP contribution is 2.59. The van der Waals surface area contributed by atoms with Crippen LogP contribution in [0.25, 0.3) is 10.9 Å². The van der Waals surface area contributed by atoms with Crippen LogP contribution in [-0.2, 0) is 11.3 Å². The van der Waals surface area contributed by atoms with Crippen molar-refractivity contribution in [1.29, 1.82) is 5.26 Å². The third-order valence-corrected chi connectivity index (χ3v) is 7.65. The Balaban J connectivity index is 1.71. The molecule has 212 valence electrons. The molecule has 0 spiro atoms. The van der Waals surface area contributed by atoms with Crippen molar-refractivity contribution in [3.8, 4) is 17.6 Å². The quantitative estimate of drug-likeness (QED) is 0.229. The van der Waals surface area contributed by atoms with E-state index >= 15 is 0 Å². The average Bonchev–Trinajstić information content (AvgIpc) is 3.24. The molecule has 0 amide bonds. The fraction of sp³-hybridized carbons (Fsp3) is 0.300. The Morgan fingerprint density at radius 2 is 1.83 bits per heavy atom. The van der Waals surface area contributed by atoms with E-state index in [2.05, 4.69) is 9.97 Å². The summed E-state index contributed by atoms with van der Waals surface area (Å²) in [5, 5.41) is 9.97. The van der Waals surface area contributed by atoms with E-state index < -0.39 is 47.1 Å². The van der Waals surface area contributed by atoms with Crippen molar-refractivity contribution in [3.05, 3.63) is 94.9 Å². The van der Waals surface area contributed by atoms with E-state index in [1.54, 1.807) is 0 Å². The molecule has 0 radical (unpaired) electrons. The van der Waals surface area contributed by atoms with Crippen LogP contribution < -0.4 is 9.47 Å². The second-order valence-electron chi connectivity index (χ2n) is 9.93. The van der Waals surface area contributed by atoms with Crippen LogP contribution in [-0.4, -0.2) is 28.9 Å². The lowest BCUT2D eigenvalue weighted by atomic mass is 9.76. The van der Waals surface area contributed by atoms with Gasteiger partial charge in [0.15, 0.2) is 22.9 Å². The second-order valence-corrected chi connectivity index (χ2v) is 9.93. The zero-order valence-electron chi connectivity index (χ0n) is 22.2. The number of nitrogens with zero attached hydrogens (tertiary/aromatic N) is 3. The second kappa shape index (κ2) is 10.6. The van der Waals surface area contributed by atoms with Gasteiger partial charge >= 0.3 is 6.18 Å². The number of methoxy groups -OCH3 is 1. The smallest absolute Gasteiger partial charge is 0.417 e. The lowest BCUT2D eigenvalue weighted by Gasteiger charge is -2.32. The normalized spacial score (nSPS) is 22.5. The van der Waals surface area contributed by atoms with Crippen LogP contribution in [0.1, 0.15) is 48.4 Å². The minimum absolute atomic E-state index is 0.00188. The van der Waals surface area contributed by atoms with E-state index in [1.807, 2.05) is 36.4 Å². The molecule has 41 heavy (non-hydrogen) atoms. The molecule has 11 heteroatoms. The molecule has 0 bridgehead atoms. The first kappa shape index (κ1) is 28.2. The van der Waals surface area contributed by atoms with Crippen molar-refractivity contribution in [1.82, 2.24) is 9.97 Å². The van der Waals surface area contributed by atoms with Gasteiger partial charge in [0.1, 0.15) is 24.5 Å². The Labute approximate surface area is 232 Å². The van der Waals surface area contributed by atoms with Gasteiger partial charge in [0, 0.05) is 29.7 Å². The lowest BCUT2D eigenvalue weighted by molar-refractivity contribution is -0.275. The largest absolute Gasteiger partial charge is 0.493 e. The number of alkyl halides is 3. The SMILES string of the molecule is COc1c([C@H]2[C@H](c3cc(OCc4ccccc4)c4c(C#N)nccc4n3)O[C@@](C)(C(F)(F)F)[C@H]2C)ccc(F)c1F. The Bertz CT molecular complexity index is 1640. The molecule has 2 aromatic carbocycles. The van der Waals surface area contributed by atoms with Crippen LogP contribution in [0.2, 0.25) is 0 Å². The molecule has 3 heterocycles. The average molecular weight is 570 g/mol. The van der Waals surface area contributed by atoms with Gasteiger partial charge in [-0.2, -0.15) is 22.8 Å². The number of rotatable bonds is 6. The fourth-order valence-electron chi connectivity index (χ4n) is 5.31. The maximum absolute atomic E-state index is 14.8. The van der Waals surface area contributed by atoms with Crippen molar-refractivity contribution in [2.45, 2.75) is 44.3 Å². The van der Waals surface area contributed by atoms with Gasteiger partial charge in [-0.05, 0) is 24.6 Å². The Kier molecular flexibility index (Phi) is 7.30. The standard InChI is InChI=1S/C30H24F5N3O3/c1-16-24(18-9-10-19(31)26(32)27(18)39-3)28(41-29(16,2)30(33,34)35)21-13-23(40-15-17-7-5-4-6-8-17)25-20(38-21)11-12-37-22(25)14-36/h4-13,16,24,28H,15H2,1-3H3/t16-,24-,28-,29+/m0/s1. The van der Waals surface area contributed by atoms with E-state index in [4.69, 9.17) is 14.2 Å². The lowest BCUT2D eigenvalue weighted by Crippen LogP contribution is -2.46. The molecule has 5 rings (SSSR count). The predicted molar refractivity (Wildman–Crippen MR) is 138 cm³/mol. The van der Waals surface area contributed by atoms with Gasteiger partial charge in [0.2, 0.25) is 5.82 Å². The summed E-state index contributed by atoms with van der Waals surface area (Å²) in [7, 11) is 1.11. The van der Waals surface area contributed by atoms with Crippen molar-refractivity contribution >= 4 is 10.9 Å². The van der Waals surface area contributed by atoms with E-state index in [-0.39, 0.29) is 40.2 Å². The maximum atomic E-state index is 14.8. The number of pyridine rings is 2. The molecule has 4 aromatic rings. The maximum Gasteiger partial charge on any atom is 0.417 e. The summed E-state index contributed by atoms with van der Waals surface area (Å²) in [5.74, 6) is -5.31. The first-order valence-corrected chi connectivity index (χ1v) is 12.6. The Hall–Kier alpha value is -4.30. The number of benzene rings is 2. The summed E-state index contributed by atoms with van der Waals surface area (Å²) in [6.07, 6.45) is -4.84. The third-order valence-electron chi connectivity index (χ3n) is 7.65. The van der Waals surface area contributed by atoms with Crippen LogP contribution in [0.5, 0.6) is 11.5 Å². The van der Waals surface area contributed by atoms with Crippen molar-refractivity contribution in [2.75, 3.05) is 7.11 Å². The van der Waals surface area contributed by atoms with Gasteiger partial charge in [-0.1, -0.05) is 43.3 Å². The first-order valence-electron chi connectivity index (χ1n) is 12.6. The minimum atomic E-state index is -4.81. The molecule has 0 unspecified atom stereocenters. The fourth-order valence-corrected chi connectivity index (χ4v) is 5.31. The summed E-state index contributed by atoms with van der Waals surface area (Å²) in [6.45, 7) is 2.34. The number of hydrogen-bond acceptors (Lipinski definition) is 6. The highest BCUT2D eigenvalue weighted by atomic mass is 19.4. The highest BCUT2D eigenvalue weighted by Gasteiger charge is 2.65. The van der Waals surface area contributed by atoms with E-state index in [0.29, 0.717) is 0 Å². The predicted octanol–water partition coefficient (Wildman–Crippen LogP) is 7.18. The molecule has 2 aromatic heterocycles. The molecule has 4 atom stereocenters. The van der Waals surface area contributed by atoms with Gasteiger partial charge in [0.05, 0.1) is 23.7 Å². The molecular weight excluding hydrogens is 545 g/mol. The summed E-state index contributed by atoms with van der Waals surface area (Å²) < 4.78 is 89.2. The third kappa shape index (κ3) is 4.82. The monoisotopic (exact) mass is 569 g/mol. The summed E-state index contributed by atoms with van der Waals surface area (Å²) >= 11 is 0. The Morgan fingerprint density at radius 3 is 2.49 bits per heavy atom. The molecule has 0 aliphatic carbocycles. The molecule has 0 N–H and O–H groups in total. The van der Waals surface area contributed by atoms with Crippen LogP contribution in [0, 0.1) is 28.9 Å². The number of fused-ring (bicyclic) bond motifs is 1. The van der Waals surface area contributed by atoms with Crippen molar-refractivity contribution in [3.63, 3.8) is 0 Å². The highest BCUT2D eigenvalue weighted by molar-refractivity contribution is 5.89. The van der Waals surface area contributed by atoms with Crippen LogP contribution >= 0.6 is 0 Å². The zero-order valence-corrected chi connectivity index (χ0v) is 22.2. The van der Waals surface area contributed by atoms with Gasteiger partial charge in [-0.15, -0.1) is 0 Å². The molecule has 1 aliphatic rings. The van der Waals surface area contributed by atoms with Crippen LogP contribution in [0.4, 0.5) is 22.0 Å². The number of aromatic nitrogens is 2.